The largest absolute Gasteiger partial charge is 0.451 e. The van der Waals surface area contributed by atoms with Crippen LogP contribution in [0.25, 0.3) is 17.0 Å². The van der Waals surface area contributed by atoms with E-state index in [0.29, 0.717) is 17.1 Å². The highest BCUT2D eigenvalue weighted by molar-refractivity contribution is 5.92. The number of nitrogens with one attached hydrogen (secondary N) is 1. The average molecular weight is 404 g/mol. The van der Waals surface area contributed by atoms with E-state index in [1.807, 2.05) is 30.3 Å². The van der Waals surface area contributed by atoms with E-state index in [0.717, 1.165) is 5.69 Å². The fourth-order valence-corrected chi connectivity index (χ4v) is 2.91. The summed E-state index contributed by atoms with van der Waals surface area (Å²) in [6, 6.07) is 14.6. The third-order valence-corrected chi connectivity index (χ3v) is 4.36. The van der Waals surface area contributed by atoms with Crippen LogP contribution in [0.5, 0.6) is 0 Å². The second-order valence-electron chi connectivity index (χ2n) is 6.80. The number of hydrogen-bond donors (Lipinski definition) is 1. The lowest BCUT2D eigenvalue weighted by Gasteiger charge is -2.09. The van der Waals surface area contributed by atoms with Gasteiger partial charge in [0.25, 0.3) is 5.91 Å². The van der Waals surface area contributed by atoms with Crippen molar-refractivity contribution in [1.82, 2.24) is 24.5 Å². The summed E-state index contributed by atoms with van der Waals surface area (Å²) < 4.78 is 8.76. The van der Waals surface area contributed by atoms with Crippen LogP contribution in [-0.4, -0.2) is 50.4 Å². The minimum atomic E-state index is -0.245. The molecule has 4 aromatic rings. The lowest BCUT2D eigenvalue weighted by molar-refractivity contribution is -0.116. The van der Waals surface area contributed by atoms with Crippen LogP contribution < -0.4 is 5.32 Å². The zero-order valence-electron chi connectivity index (χ0n) is 16.5. The molecule has 9 nitrogen and oxygen atoms in total. The number of benzene rings is 1. The predicted octanol–water partition coefficient (Wildman–Crippen LogP) is 2.67. The van der Waals surface area contributed by atoms with Crippen LogP contribution >= 0.6 is 0 Å². The number of nitrogens with zero attached hydrogens (tertiary/aromatic N) is 5. The van der Waals surface area contributed by atoms with Crippen LogP contribution in [0, 0.1) is 0 Å². The molecule has 4 rings (SSSR count). The lowest BCUT2D eigenvalue weighted by atomic mass is 10.3. The molecule has 0 atom stereocenters. The number of aromatic nitrogens is 4. The molecule has 0 aliphatic carbocycles. The number of carbonyl (C=O) groups is 2. The van der Waals surface area contributed by atoms with Crippen LogP contribution in [0.3, 0.4) is 0 Å². The second kappa shape index (κ2) is 8.08. The van der Waals surface area contributed by atoms with Gasteiger partial charge in [0, 0.05) is 26.4 Å². The molecule has 0 spiro atoms. The number of anilines is 1. The molecule has 0 fully saturated rings. The molecule has 0 aliphatic heterocycles. The van der Waals surface area contributed by atoms with E-state index in [9.17, 15) is 9.59 Å². The zero-order chi connectivity index (χ0) is 21.1. The Labute approximate surface area is 172 Å². The predicted molar refractivity (Wildman–Crippen MR) is 110 cm³/mol. The van der Waals surface area contributed by atoms with Crippen LogP contribution in [0.15, 0.2) is 71.5 Å². The topological polar surface area (TPSA) is 98.2 Å². The molecule has 30 heavy (non-hydrogen) atoms. The number of carbonyl (C=O) groups excluding carboxylic acids is 2. The quantitative estimate of drug-likeness (QED) is 0.533. The molecule has 0 bridgehead atoms. The minimum Gasteiger partial charge on any atom is -0.451 e. The summed E-state index contributed by atoms with van der Waals surface area (Å²) in [5, 5.41) is 11.3. The van der Waals surface area contributed by atoms with Gasteiger partial charge in [-0.2, -0.15) is 10.2 Å². The van der Waals surface area contributed by atoms with Gasteiger partial charge in [-0.3, -0.25) is 14.3 Å². The van der Waals surface area contributed by atoms with Crippen LogP contribution in [0.4, 0.5) is 5.82 Å². The number of para-hydroxylation sites is 1. The van der Waals surface area contributed by atoms with Gasteiger partial charge in [-0.25, -0.2) is 4.68 Å². The van der Waals surface area contributed by atoms with E-state index in [1.165, 1.54) is 9.58 Å². The molecule has 1 aromatic carbocycles. The fourth-order valence-electron chi connectivity index (χ4n) is 2.91. The van der Waals surface area contributed by atoms with Gasteiger partial charge in [-0.05, 0) is 24.3 Å². The van der Waals surface area contributed by atoms with Crippen LogP contribution in [0.1, 0.15) is 10.6 Å². The van der Waals surface area contributed by atoms with Gasteiger partial charge in [-0.15, -0.1) is 0 Å². The molecule has 0 unspecified atom stereocenters. The van der Waals surface area contributed by atoms with E-state index >= 15 is 0 Å². The van der Waals surface area contributed by atoms with Gasteiger partial charge < -0.3 is 14.6 Å². The van der Waals surface area contributed by atoms with Crippen molar-refractivity contribution < 1.29 is 14.0 Å². The van der Waals surface area contributed by atoms with Crippen molar-refractivity contribution in [3.05, 3.63) is 72.9 Å². The van der Waals surface area contributed by atoms with Crippen molar-refractivity contribution in [2.75, 3.05) is 19.4 Å². The minimum absolute atomic E-state index is 0.0180. The summed E-state index contributed by atoms with van der Waals surface area (Å²) in [6.07, 6.45) is 4.90. The zero-order valence-corrected chi connectivity index (χ0v) is 16.5. The van der Waals surface area contributed by atoms with E-state index in [2.05, 4.69) is 15.5 Å². The summed E-state index contributed by atoms with van der Waals surface area (Å²) in [6.45, 7) is 0.0180. The number of hydrogen-bond acceptors (Lipinski definition) is 5. The van der Waals surface area contributed by atoms with Crippen molar-refractivity contribution in [3.63, 3.8) is 0 Å². The van der Waals surface area contributed by atoms with Gasteiger partial charge >= 0.3 is 0 Å². The molecule has 152 valence electrons. The van der Waals surface area contributed by atoms with E-state index in [4.69, 9.17) is 4.42 Å². The van der Waals surface area contributed by atoms with Gasteiger partial charge in [0.2, 0.25) is 5.91 Å². The Morgan fingerprint density at radius 1 is 1.07 bits per heavy atom. The molecule has 9 heteroatoms. The summed E-state index contributed by atoms with van der Waals surface area (Å²) in [4.78, 5) is 25.9. The Kier molecular flexibility index (Phi) is 5.17. The van der Waals surface area contributed by atoms with E-state index < -0.39 is 0 Å². The Bertz CT molecular complexity index is 1170. The van der Waals surface area contributed by atoms with Crippen molar-refractivity contribution >= 4 is 17.6 Å². The van der Waals surface area contributed by atoms with Crippen molar-refractivity contribution in [3.8, 4) is 17.0 Å². The van der Waals surface area contributed by atoms with Crippen molar-refractivity contribution in [2.24, 2.45) is 0 Å². The molecule has 2 amide bonds. The number of amides is 2. The Balaban J connectivity index is 1.43. The molecule has 3 heterocycles. The monoisotopic (exact) mass is 404 g/mol. The SMILES string of the molecule is CN(C)C(=O)c1ccc(-c2cnn(CC(=O)Nc3ccnn3-c3ccccc3)c2)o1. The first-order chi connectivity index (χ1) is 14.5. The lowest BCUT2D eigenvalue weighted by Crippen LogP contribution is -2.20. The van der Waals surface area contributed by atoms with Gasteiger partial charge in [0.05, 0.1) is 23.6 Å². The first-order valence-electron chi connectivity index (χ1n) is 9.25. The average Bonchev–Trinajstić information content (AvgIpc) is 3.48. The Morgan fingerprint density at radius 2 is 1.87 bits per heavy atom. The first kappa shape index (κ1) is 19.2. The van der Waals surface area contributed by atoms with Gasteiger partial charge in [-0.1, -0.05) is 18.2 Å². The smallest absolute Gasteiger partial charge is 0.289 e. The Morgan fingerprint density at radius 3 is 2.63 bits per heavy atom. The maximum atomic E-state index is 12.5. The molecule has 0 aliphatic rings. The molecule has 0 radical (unpaired) electrons. The fraction of sp³-hybridized carbons (Fsp3) is 0.143. The molecular formula is C21H20N6O3. The summed E-state index contributed by atoms with van der Waals surface area (Å²) in [5.41, 5.74) is 1.52. The summed E-state index contributed by atoms with van der Waals surface area (Å²) >= 11 is 0. The van der Waals surface area contributed by atoms with E-state index in [-0.39, 0.29) is 24.1 Å². The summed E-state index contributed by atoms with van der Waals surface area (Å²) in [5.74, 6) is 0.855. The maximum absolute atomic E-state index is 12.5. The number of rotatable bonds is 6. The van der Waals surface area contributed by atoms with Crippen LogP contribution in [0.2, 0.25) is 0 Å². The van der Waals surface area contributed by atoms with E-state index in [1.54, 1.807) is 55.6 Å². The molecule has 0 saturated carbocycles. The van der Waals surface area contributed by atoms with Crippen molar-refractivity contribution in [1.29, 1.82) is 0 Å². The van der Waals surface area contributed by atoms with Gasteiger partial charge in [0.1, 0.15) is 18.1 Å². The highest BCUT2D eigenvalue weighted by Crippen LogP contribution is 2.22. The number of furan rings is 1. The highest BCUT2D eigenvalue weighted by Gasteiger charge is 2.15. The molecule has 3 aromatic heterocycles. The van der Waals surface area contributed by atoms with Gasteiger partial charge in [0.15, 0.2) is 5.76 Å². The maximum Gasteiger partial charge on any atom is 0.289 e. The third kappa shape index (κ3) is 4.00. The van der Waals surface area contributed by atoms with Crippen molar-refractivity contribution in [2.45, 2.75) is 6.54 Å². The third-order valence-electron chi connectivity index (χ3n) is 4.36. The standard InChI is InChI=1S/C21H20N6O3/c1-25(2)21(29)18-9-8-17(30-18)15-12-23-26(13-15)14-20(28)24-19-10-11-22-27(19)16-6-4-3-5-7-16/h3-13H,14H2,1-2H3,(H,24,28). The Hall–Kier alpha value is -4.14. The highest BCUT2D eigenvalue weighted by atomic mass is 16.4. The molecule has 0 saturated heterocycles. The summed E-state index contributed by atoms with van der Waals surface area (Å²) in [7, 11) is 3.32. The first-order valence-corrected chi connectivity index (χ1v) is 9.25. The molecular weight excluding hydrogens is 384 g/mol. The second-order valence-corrected chi connectivity index (χ2v) is 6.80. The normalized spacial score (nSPS) is 10.7. The van der Waals surface area contributed by atoms with Crippen LogP contribution in [-0.2, 0) is 11.3 Å². The molecule has 1 N–H and O–H groups in total.